The summed E-state index contributed by atoms with van der Waals surface area (Å²) < 4.78 is 58.9. The molecule has 10 nitrogen and oxygen atoms in total. The number of ether oxygens (including phenoxy) is 2. The number of piperazine rings is 1. The fourth-order valence-electron chi connectivity index (χ4n) is 7.56. The topological polar surface area (TPSA) is 130 Å². The summed E-state index contributed by atoms with van der Waals surface area (Å²) in [4.78, 5) is 26.1. The quantitative estimate of drug-likeness (QED) is 0.310. The van der Waals surface area contributed by atoms with Gasteiger partial charge in [0.15, 0.2) is 11.6 Å². The minimum Gasteiger partial charge on any atom is -0.491 e. The van der Waals surface area contributed by atoms with Gasteiger partial charge in [-0.05, 0) is 31.0 Å². The van der Waals surface area contributed by atoms with E-state index in [-0.39, 0.29) is 90.8 Å². The number of carbonyl (C=O) groups excluding carboxylic acids is 1. The van der Waals surface area contributed by atoms with E-state index in [1.807, 2.05) is 6.07 Å². The molecular formula is C31H27ClF3N7O3S. The Morgan fingerprint density at radius 1 is 1.28 bits per heavy atom. The number of halogens is 4. The number of hydrogen-bond acceptors (Lipinski definition) is 10. The standard InChI is InChI=1S/C31H27ClF3N7O3S/c32-22-20(15-2-3-17(34)26-19(15)16(11-36)27(37)46-26)23(35)24-21-25(22)44-9-4-18-29(43)38-6-8-42(18)28(21)40-30(39-24)45-13-31-5-1-7-41(31)12-14(33)10-31/h2-3,14,18H,1,4-10,12-13,37H2,(H,38,43)/t14-,18?,31+/m1/s1. The van der Waals surface area contributed by atoms with E-state index in [0.717, 1.165) is 30.7 Å². The van der Waals surface area contributed by atoms with Gasteiger partial charge in [-0.1, -0.05) is 17.7 Å². The predicted octanol–water partition coefficient (Wildman–Crippen LogP) is 4.94. The summed E-state index contributed by atoms with van der Waals surface area (Å²) in [6.45, 7) is 1.98. The zero-order chi connectivity index (χ0) is 31.9. The molecule has 46 heavy (non-hydrogen) atoms. The summed E-state index contributed by atoms with van der Waals surface area (Å²) in [5.41, 5.74) is 5.37. The first kappa shape index (κ1) is 29.3. The largest absolute Gasteiger partial charge is 0.491 e. The van der Waals surface area contributed by atoms with Crippen molar-refractivity contribution in [1.29, 1.82) is 5.26 Å². The lowest BCUT2D eigenvalue weighted by Crippen LogP contribution is -2.56. The minimum absolute atomic E-state index is 0.00585. The first-order chi connectivity index (χ1) is 22.2. The molecule has 4 aliphatic rings. The zero-order valence-corrected chi connectivity index (χ0v) is 25.9. The molecule has 3 saturated heterocycles. The Labute approximate surface area is 269 Å². The average molecular weight is 670 g/mol. The molecular weight excluding hydrogens is 643 g/mol. The molecule has 3 atom stereocenters. The third-order valence-corrected chi connectivity index (χ3v) is 11.0. The van der Waals surface area contributed by atoms with Gasteiger partial charge in [-0.15, -0.1) is 11.3 Å². The van der Waals surface area contributed by atoms with Gasteiger partial charge in [0.05, 0.1) is 32.8 Å². The summed E-state index contributed by atoms with van der Waals surface area (Å²) >= 11 is 7.86. The number of benzene rings is 2. The van der Waals surface area contributed by atoms with E-state index >= 15 is 4.39 Å². The van der Waals surface area contributed by atoms with E-state index in [4.69, 9.17) is 31.8 Å². The number of nitriles is 1. The molecule has 6 heterocycles. The van der Waals surface area contributed by atoms with E-state index in [1.165, 1.54) is 12.1 Å². The number of aromatic nitrogens is 2. The van der Waals surface area contributed by atoms with E-state index in [9.17, 15) is 18.8 Å². The molecule has 1 unspecified atom stereocenters. The summed E-state index contributed by atoms with van der Waals surface area (Å²) in [5.74, 6) is -1.39. The fourth-order valence-corrected chi connectivity index (χ4v) is 8.85. The van der Waals surface area contributed by atoms with Crippen molar-refractivity contribution in [2.45, 2.75) is 43.4 Å². The number of fused-ring (bicyclic) bond motifs is 4. The molecule has 238 valence electrons. The maximum atomic E-state index is 17.1. The van der Waals surface area contributed by atoms with E-state index in [1.54, 1.807) is 4.90 Å². The maximum Gasteiger partial charge on any atom is 0.319 e. The van der Waals surface area contributed by atoms with Crippen LogP contribution < -0.4 is 25.4 Å². The van der Waals surface area contributed by atoms with Crippen molar-refractivity contribution >= 4 is 60.7 Å². The van der Waals surface area contributed by atoms with Gasteiger partial charge in [-0.25, -0.2) is 13.2 Å². The molecule has 2 aromatic heterocycles. The second-order valence-electron chi connectivity index (χ2n) is 12.1. The number of amides is 1. The second-order valence-corrected chi connectivity index (χ2v) is 13.6. The van der Waals surface area contributed by atoms with Crippen LogP contribution in [0.2, 0.25) is 5.02 Å². The number of hydrogen-bond donors (Lipinski definition) is 2. The summed E-state index contributed by atoms with van der Waals surface area (Å²) in [6.07, 6.45) is 1.29. The van der Waals surface area contributed by atoms with Crippen molar-refractivity contribution < 1.29 is 27.4 Å². The molecule has 0 spiro atoms. The van der Waals surface area contributed by atoms with E-state index in [0.29, 0.717) is 26.1 Å². The van der Waals surface area contributed by atoms with Crippen LogP contribution in [0.5, 0.6) is 11.8 Å². The molecule has 1 amide bonds. The minimum atomic E-state index is -0.971. The van der Waals surface area contributed by atoms with Crippen molar-refractivity contribution in [2.75, 3.05) is 50.0 Å². The van der Waals surface area contributed by atoms with Crippen LogP contribution in [0.3, 0.4) is 0 Å². The lowest BCUT2D eigenvalue weighted by atomic mass is 9.95. The molecule has 0 radical (unpaired) electrons. The predicted molar refractivity (Wildman–Crippen MR) is 167 cm³/mol. The van der Waals surface area contributed by atoms with Crippen LogP contribution in [-0.4, -0.2) is 77.9 Å². The Bertz CT molecular complexity index is 2000. The Balaban J connectivity index is 1.36. The molecule has 0 aliphatic carbocycles. The highest BCUT2D eigenvalue weighted by Crippen LogP contribution is 2.51. The number of nitrogen functional groups attached to an aromatic ring is 1. The molecule has 4 aliphatic heterocycles. The third-order valence-electron chi connectivity index (χ3n) is 9.61. The van der Waals surface area contributed by atoms with Crippen molar-refractivity contribution in [3.63, 3.8) is 0 Å². The van der Waals surface area contributed by atoms with Crippen LogP contribution in [0.15, 0.2) is 12.1 Å². The highest BCUT2D eigenvalue weighted by atomic mass is 35.5. The van der Waals surface area contributed by atoms with Crippen molar-refractivity contribution in [3.05, 3.63) is 34.4 Å². The van der Waals surface area contributed by atoms with Gasteiger partial charge in [0.1, 0.15) is 47.0 Å². The number of nitrogens with two attached hydrogens (primary N) is 1. The summed E-state index contributed by atoms with van der Waals surface area (Å²) in [6, 6.07) is 3.74. The van der Waals surface area contributed by atoms with Gasteiger partial charge in [-0.2, -0.15) is 15.2 Å². The number of nitrogens with zero attached hydrogens (tertiary/aromatic N) is 5. The third kappa shape index (κ3) is 4.28. The highest BCUT2D eigenvalue weighted by molar-refractivity contribution is 7.23. The van der Waals surface area contributed by atoms with Crippen LogP contribution in [0.1, 0.15) is 31.2 Å². The molecule has 0 bridgehead atoms. The van der Waals surface area contributed by atoms with Crippen LogP contribution in [0.25, 0.3) is 32.1 Å². The highest BCUT2D eigenvalue weighted by Gasteiger charge is 2.49. The van der Waals surface area contributed by atoms with E-state index < -0.39 is 29.4 Å². The average Bonchev–Trinajstić information content (AvgIpc) is 3.67. The molecule has 0 saturated carbocycles. The number of rotatable bonds is 4. The van der Waals surface area contributed by atoms with Crippen molar-refractivity contribution in [2.24, 2.45) is 0 Å². The number of anilines is 2. The normalized spacial score (nSPS) is 24.2. The number of alkyl halides is 1. The van der Waals surface area contributed by atoms with Gasteiger partial charge in [0, 0.05) is 43.4 Å². The van der Waals surface area contributed by atoms with Crippen molar-refractivity contribution in [1.82, 2.24) is 20.2 Å². The lowest BCUT2D eigenvalue weighted by Gasteiger charge is -2.38. The molecule has 15 heteroatoms. The molecule has 3 fully saturated rings. The first-order valence-corrected chi connectivity index (χ1v) is 16.2. The molecule has 4 aromatic rings. The Morgan fingerprint density at radius 3 is 2.96 bits per heavy atom. The summed E-state index contributed by atoms with van der Waals surface area (Å²) in [5, 5.41) is 13.0. The second kappa shape index (κ2) is 10.8. The van der Waals surface area contributed by atoms with Crippen molar-refractivity contribution in [3.8, 4) is 29.0 Å². The molecule has 2 aromatic carbocycles. The number of nitrogens with one attached hydrogen (secondary N) is 1. The lowest BCUT2D eigenvalue weighted by molar-refractivity contribution is -0.123. The Hall–Kier alpha value is -4.06. The van der Waals surface area contributed by atoms with Gasteiger partial charge < -0.3 is 25.4 Å². The Kier molecular flexibility index (Phi) is 6.86. The zero-order valence-electron chi connectivity index (χ0n) is 24.3. The summed E-state index contributed by atoms with van der Waals surface area (Å²) in [7, 11) is 0. The van der Waals surface area contributed by atoms with Gasteiger partial charge >= 0.3 is 6.01 Å². The smallest absolute Gasteiger partial charge is 0.319 e. The van der Waals surface area contributed by atoms with Crippen LogP contribution in [0, 0.1) is 23.0 Å². The molecule has 3 N–H and O–H groups in total. The number of carbonyl (C=O) groups is 1. The van der Waals surface area contributed by atoms with Gasteiger partial charge in [-0.3, -0.25) is 9.69 Å². The maximum absolute atomic E-state index is 17.1. The van der Waals surface area contributed by atoms with Crippen LogP contribution in [-0.2, 0) is 4.79 Å². The molecule has 8 rings (SSSR count). The SMILES string of the molecule is N#Cc1c(N)sc2c(F)ccc(-c3c(Cl)c4c5c(nc(OC[C@@]67CCCN6C[C@H](F)C7)nc5c3F)N3CCNC(=O)C3CCO4)c12. The van der Waals surface area contributed by atoms with Crippen LogP contribution >= 0.6 is 22.9 Å². The fraction of sp³-hybridized carbons (Fsp3) is 0.419. The Morgan fingerprint density at radius 2 is 2.13 bits per heavy atom. The van der Waals surface area contributed by atoms with Gasteiger partial charge in [0.2, 0.25) is 5.91 Å². The van der Waals surface area contributed by atoms with E-state index in [2.05, 4.69) is 15.2 Å². The monoisotopic (exact) mass is 669 g/mol. The first-order valence-electron chi connectivity index (χ1n) is 15.0. The van der Waals surface area contributed by atoms with Crippen LogP contribution in [0.4, 0.5) is 24.0 Å². The number of thiophene rings is 1. The van der Waals surface area contributed by atoms with Gasteiger partial charge in [0.25, 0.3) is 0 Å².